The quantitative estimate of drug-likeness (QED) is 0.742. The van der Waals surface area contributed by atoms with Crippen molar-refractivity contribution < 1.29 is 14.3 Å². The highest BCUT2D eigenvalue weighted by Crippen LogP contribution is 2.63. The Bertz CT molecular complexity index is 384. The summed E-state index contributed by atoms with van der Waals surface area (Å²) in [6.45, 7) is 10.4. The van der Waals surface area contributed by atoms with Gasteiger partial charge in [0.1, 0.15) is 6.10 Å². The molecular weight excluding hydrogens is 254 g/mol. The second kappa shape index (κ2) is 4.99. The molecule has 3 aliphatic rings. The van der Waals surface area contributed by atoms with Crippen LogP contribution in [-0.2, 0) is 14.3 Å². The highest BCUT2D eigenvalue weighted by atomic mass is 16.5. The molecule has 1 heterocycles. The van der Waals surface area contributed by atoms with Gasteiger partial charge in [0.15, 0.2) is 0 Å². The molecule has 3 fully saturated rings. The molecule has 3 rings (SSSR count). The van der Waals surface area contributed by atoms with E-state index in [1.54, 1.807) is 0 Å². The van der Waals surface area contributed by atoms with Crippen molar-refractivity contribution in [1.82, 2.24) is 4.90 Å². The third kappa shape index (κ3) is 2.37. The fourth-order valence-electron chi connectivity index (χ4n) is 4.66. The molecular formula is C16H27NO3. The molecule has 2 bridgehead atoms. The SMILES string of the molecule is CC1(C)[C@H]2CC[C@](C)(C2)[C@H]1OC(=O)CN1CCOCC1. The van der Waals surface area contributed by atoms with Gasteiger partial charge in [-0.3, -0.25) is 9.69 Å². The largest absolute Gasteiger partial charge is 0.460 e. The third-order valence-electron chi connectivity index (χ3n) is 5.84. The molecule has 0 aromatic carbocycles. The Morgan fingerprint density at radius 2 is 2.00 bits per heavy atom. The summed E-state index contributed by atoms with van der Waals surface area (Å²) < 4.78 is 11.3. The summed E-state index contributed by atoms with van der Waals surface area (Å²) in [6.07, 6.45) is 3.80. The summed E-state index contributed by atoms with van der Waals surface area (Å²) in [5.74, 6) is 0.660. The van der Waals surface area contributed by atoms with Gasteiger partial charge < -0.3 is 9.47 Å². The number of esters is 1. The lowest BCUT2D eigenvalue weighted by Crippen LogP contribution is -2.46. The molecule has 114 valence electrons. The molecule has 4 heteroatoms. The second-order valence-corrected chi connectivity index (χ2v) is 7.67. The molecule has 0 radical (unpaired) electrons. The summed E-state index contributed by atoms with van der Waals surface area (Å²) in [5, 5.41) is 0. The molecule has 4 nitrogen and oxygen atoms in total. The van der Waals surface area contributed by atoms with Crippen molar-refractivity contribution in [1.29, 1.82) is 0 Å². The molecule has 3 atom stereocenters. The van der Waals surface area contributed by atoms with Crippen LogP contribution in [0.2, 0.25) is 0 Å². The van der Waals surface area contributed by atoms with E-state index in [9.17, 15) is 4.79 Å². The number of hydrogen-bond acceptors (Lipinski definition) is 4. The first-order chi connectivity index (χ1) is 9.42. The zero-order valence-corrected chi connectivity index (χ0v) is 13.0. The van der Waals surface area contributed by atoms with Crippen LogP contribution in [0, 0.1) is 16.7 Å². The summed E-state index contributed by atoms with van der Waals surface area (Å²) in [6, 6.07) is 0. The maximum absolute atomic E-state index is 12.3. The molecule has 0 aromatic heterocycles. The lowest BCUT2D eigenvalue weighted by atomic mass is 9.70. The average Bonchev–Trinajstić information content (AvgIpc) is 2.87. The number of fused-ring (bicyclic) bond motifs is 2. The van der Waals surface area contributed by atoms with Gasteiger partial charge >= 0.3 is 5.97 Å². The summed E-state index contributed by atoms with van der Waals surface area (Å²) >= 11 is 0. The van der Waals surface area contributed by atoms with Crippen molar-refractivity contribution in [3.05, 3.63) is 0 Å². The van der Waals surface area contributed by atoms with Gasteiger partial charge in [0.2, 0.25) is 0 Å². The van der Waals surface area contributed by atoms with Crippen molar-refractivity contribution in [2.24, 2.45) is 16.7 Å². The summed E-state index contributed by atoms with van der Waals surface area (Å²) in [5.41, 5.74) is 0.336. The van der Waals surface area contributed by atoms with Gasteiger partial charge in [-0.05, 0) is 25.2 Å². The number of morpholine rings is 1. The van der Waals surface area contributed by atoms with Gasteiger partial charge in [-0.15, -0.1) is 0 Å². The van der Waals surface area contributed by atoms with Gasteiger partial charge in [-0.1, -0.05) is 20.8 Å². The number of rotatable bonds is 3. The summed E-state index contributed by atoms with van der Waals surface area (Å²) in [7, 11) is 0. The number of nitrogens with zero attached hydrogens (tertiary/aromatic N) is 1. The van der Waals surface area contributed by atoms with Crippen LogP contribution in [0.15, 0.2) is 0 Å². The number of carbonyl (C=O) groups excluding carboxylic acids is 1. The Balaban J connectivity index is 1.60. The predicted molar refractivity (Wildman–Crippen MR) is 76.4 cm³/mol. The number of hydrogen-bond donors (Lipinski definition) is 0. The first-order valence-electron chi connectivity index (χ1n) is 7.91. The highest BCUT2D eigenvalue weighted by molar-refractivity contribution is 5.72. The van der Waals surface area contributed by atoms with Gasteiger partial charge in [0, 0.05) is 23.9 Å². The van der Waals surface area contributed by atoms with Crippen molar-refractivity contribution >= 4 is 5.97 Å². The first kappa shape index (κ1) is 14.3. The van der Waals surface area contributed by atoms with Gasteiger partial charge in [0.05, 0.1) is 19.8 Å². The number of carbonyl (C=O) groups is 1. The summed E-state index contributed by atoms with van der Waals surface area (Å²) in [4.78, 5) is 14.4. The van der Waals surface area contributed by atoms with Gasteiger partial charge in [-0.2, -0.15) is 0 Å². The van der Waals surface area contributed by atoms with Crippen molar-refractivity contribution in [2.45, 2.75) is 46.1 Å². The fourth-order valence-corrected chi connectivity index (χ4v) is 4.66. The van der Waals surface area contributed by atoms with Crippen molar-refractivity contribution in [3.63, 3.8) is 0 Å². The van der Waals surface area contributed by atoms with E-state index >= 15 is 0 Å². The van der Waals surface area contributed by atoms with Crippen LogP contribution in [0.1, 0.15) is 40.0 Å². The lowest BCUT2D eigenvalue weighted by Gasteiger charge is -2.42. The van der Waals surface area contributed by atoms with Crippen LogP contribution in [0.3, 0.4) is 0 Å². The molecule has 2 saturated carbocycles. The molecule has 20 heavy (non-hydrogen) atoms. The third-order valence-corrected chi connectivity index (χ3v) is 5.84. The van der Waals surface area contributed by atoms with E-state index in [0.29, 0.717) is 12.5 Å². The van der Waals surface area contributed by atoms with E-state index in [4.69, 9.17) is 9.47 Å². The van der Waals surface area contributed by atoms with Crippen LogP contribution in [0.4, 0.5) is 0 Å². The van der Waals surface area contributed by atoms with Gasteiger partial charge in [-0.25, -0.2) is 0 Å². The van der Waals surface area contributed by atoms with Crippen LogP contribution in [0.5, 0.6) is 0 Å². The minimum absolute atomic E-state index is 0.0567. The Hall–Kier alpha value is -0.610. The predicted octanol–water partition coefficient (Wildman–Crippen LogP) is 2.08. The van der Waals surface area contributed by atoms with Crippen LogP contribution < -0.4 is 0 Å². The Kier molecular flexibility index (Phi) is 3.57. The van der Waals surface area contributed by atoms with Crippen molar-refractivity contribution in [2.75, 3.05) is 32.8 Å². The van der Waals surface area contributed by atoms with E-state index in [1.165, 1.54) is 19.3 Å². The Labute approximate surface area is 121 Å². The smallest absolute Gasteiger partial charge is 0.320 e. The maximum atomic E-state index is 12.3. The van der Waals surface area contributed by atoms with E-state index in [-0.39, 0.29) is 22.9 Å². The standard InChI is InChI=1S/C16H27NO3/c1-15(2)12-4-5-16(3,10-12)14(15)20-13(18)11-17-6-8-19-9-7-17/h12,14H,4-11H2,1-3H3/t12-,14-,16+/m0/s1. The monoisotopic (exact) mass is 281 g/mol. The molecule has 2 aliphatic carbocycles. The van der Waals surface area contributed by atoms with Gasteiger partial charge in [0.25, 0.3) is 0 Å². The minimum atomic E-state index is -0.0567. The Morgan fingerprint density at radius 1 is 1.30 bits per heavy atom. The van der Waals surface area contributed by atoms with Crippen molar-refractivity contribution in [3.8, 4) is 0 Å². The molecule has 0 amide bonds. The minimum Gasteiger partial charge on any atom is -0.460 e. The zero-order chi connectivity index (χ0) is 14.4. The van der Waals surface area contributed by atoms with E-state index in [0.717, 1.165) is 26.3 Å². The molecule has 0 N–H and O–H groups in total. The van der Waals surface area contributed by atoms with E-state index in [2.05, 4.69) is 25.7 Å². The molecule has 0 aromatic rings. The molecule has 0 spiro atoms. The zero-order valence-electron chi connectivity index (χ0n) is 13.0. The van der Waals surface area contributed by atoms with E-state index < -0.39 is 0 Å². The first-order valence-corrected chi connectivity index (χ1v) is 7.91. The Morgan fingerprint density at radius 3 is 2.60 bits per heavy atom. The van der Waals surface area contributed by atoms with Crippen LogP contribution in [-0.4, -0.2) is 49.8 Å². The topological polar surface area (TPSA) is 38.8 Å². The molecule has 1 saturated heterocycles. The molecule has 0 unspecified atom stereocenters. The lowest BCUT2D eigenvalue weighted by molar-refractivity contribution is -0.166. The normalized spacial score (nSPS) is 40.0. The second-order valence-electron chi connectivity index (χ2n) is 7.67. The average molecular weight is 281 g/mol. The maximum Gasteiger partial charge on any atom is 0.320 e. The molecule has 1 aliphatic heterocycles. The highest BCUT2D eigenvalue weighted by Gasteiger charge is 2.61. The number of ether oxygens (including phenoxy) is 2. The fraction of sp³-hybridized carbons (Fsp3) is 0.938. The van der Waals surface area contributed by atoms with E-state index in [1.807, 2.05) is 0 Å². The van der Waals surface area contributed by atoms with Crippen LogP contribution in [0.25, 0.3) is 0 Å². The van der Waals surface area contributed by atoms with Crippen LogP contribution >= 0.6 is 0 Å².